The van der Waals surface area contributed by atoms with Crippen LogP contribution >= 0.6 is 0 Å². The molecule has 0 spiro atoms. The van der Waals surface area contributed by atoms with Crippen molar-refractivity contribution < 1.29 is 0 Å². The smallest absolute Gasteiger partial charge is 0.128 e. The number of aromatic nitrogens is 1. The molecule has 2 fully saturated rings. The van der Waals surface area contributed by atoms with Crippen molar-refractivity contribution in [2.24, 2.45) is 0 Å². The summed E-state index contributed by atoms with van der Waals surface area (Å²) in [5.41, 5.74) is 1.16. The highest BCUT2D eigenvalue weighted by Gasteiger charge is 2.30. The van der Waals surface area contributed by atoms with Gasteiger partial charge in [0.2, 0.25) is 0 Å². The topological polar surface area (TPSA) is 31.4 Å². The lowest BCUT2D eigenvalue weighted by molar-refractivity contribution is 0.230. The first-order valence-corrected chi connectivity index (χ1v) is 8.02. The minimum atomic E-state index is 0.757. The maximum atomic E-state index is 4.83. The Morgan fingerprint density at radius 3 is 3.15 bits per heavy atom. The van der Waals surface area contributed by atoms with Gasteiger partial charge in [-0.1, -0.05) is 13.0 Å². The number of pyridine rings is 1. The molecule has 4 nitrogen and oxygen atoms in total. The van der Waals surface area contributed by atoms with Crippen LogP contribution in [0, 0.1) is 0 Å². The van der Waals surface area contributed by atoms with Gasteiger partial charge in [0, 0.05) is 32.2 Å². The second-order valence-electron chi connectivity index (χ2n) is 5.94. The van der Waals surface area contributed by atoms with E-state index < -0.39 is 0 Å². The van der Waals surface area contributed by atoms with Gasteiger partial charge in [-0.2, -0.15) is 0 Å². The van der Waals surface area contributed by atoms with Gasteiger partial charge in [-0.25, -0.2) is 4.98 Å². The van der Waals surface area contributed by atoms with Crippen LogP contribution in [0.5, 0.6) is 0 Å². The molecular formula is C16H26N4. The molecule has 1 aromatic heterocycles. The predicted octanol–water partition coefficient (Wildman–Crippen LogP) is 1.87. The normalized spacial score (nSPS) is 23.1. The van der Waals surface area contributed by atoms with E-state index >= 15 is 0 Å². The van der Waals surface area contributed by atoms with Crippen LogP contribution in [0.25, 0.3) is 0 Å². The van der Waals surface area contributed by atoms with Gasteiger partial charge in [0.25, 0.3) is 0 Å². The number of rotatable bonds is 5. The zero-order valence-electron chi connectivity index (χ0n) is 12.5. The molecule has 3 heterocycles. The van der Waals surface area contributed by atoms with Crippen molar-refractivity contribution in [2.45, 2.75) is 38.8 Å². The van der Waals surface area contributed by atoms with E-state index in [2.05, 4.69) is 40.2 Å². The molecule has 4 heteroatoms. The molecule has 110 valence electrons. The quantitative estimate of drug-likeness (QED) is 0.831. The monoisotopic (exact) mass is 274 g/mol. The van der Waals surface area contributed by atoms with Gasteiger partial charge in [-0.05, 0) is 44.5 Å². The number of hydrogen-bond donors (Lipinski definition) is 1. The molecule has 1 aromatic rings. The lowest BCUT2D eigenvalue weighted by atomic mass is 10.1. The van der Waals surface area contributed by atoms with Gasteiger partial charge in [-0.3, -0.25) is 4.90 Å². The summed E-state index contributed by atoms with van der Waals surface area (Å²) in [6.45, 7) is 8.90. The van der Waals surface area contributed by atoms with E-state index in [0.29, 0.717) is 0 Å². The average Bonchev–Trinajstić information content (AvgIpc) is 2.95. The maximum absolute atomic E-state index is 4.83. The Balaban J connectivity index is 1.63. The summed E-state index contributed by atoms with van der Waals surface area (Å²) in [5.74, 6) is 1.16. The predicted molar refractivity (Wildman–Crippen MR) is 83.0 cm³/mol. The van der Waals surface area contributed by atoms with E-state index in [-0.39, 0.29) is 0 Å². The Hall–Kier alpha value is -1.13. The summed E-state index contributed by atoms with van der Waals surface area (Å²) < 4.78 is 0. The third-order valence-corrected chi connectivity index (χ3v) is 4.44. The molecule has 0 aromatic carbocycles. The van der Waals surface area contributed by atoms with Crippen molar-refractivity contribution in [3.63, 3.8) is 0 Å². The second-order valence-corrected chi connectivity index (χ2v) is 5.94. The van der Waals surface area contributed by atoms with Crippen LogP contribution in [-0.4, -0.2) is 48.6 Å². The number of fused-ring (bicyclic) bond motifs is 1. The fourth-order valence-corrected chi connectivity index (χ4v) is 3.33. The highest BCUT2D eigenvalue weighted by atomic mass is 15.3. The second kappa shape index (κ2) is 6.55. The third kappa shape index (κ3) is 3.13. The first-order valence-electron chi connectivity index (χ1n) is 8.02. The van der Waals surface area contributed by atoms with E-state index in [1.807, 2.05) is 0 Å². The zero-order chi connectivity index (χ0) is 13.8. The number of nitrogens with zero attached hydrogens (tertiary/aromatic N) is 3. The van der Waals surface area contributed by atoms with Crippen molar-refractivity contribution in [3.05, 3.63) is 23.9 Å². The Kier molecular flexibility index (Phi) is 4.53. The van der Waals surface area contributed by atoms with Gasteiger partial charge in [0.15, 0.2) is 0 Å². The highest BCUT2D eigenvalue weighted by molar-refractivity contribution is 5.40. The van der Waals surface area contributed by atoms with Crippen LogP contribution in [0.4, 0.5) is 5.82 Å². The van der Waals surface area contributed by atoms with E-state index in [4.69, 9.17) is 4.98 Å². The van der Waals surface area contributed by atoms with E-state index in [1.165, 1.54) is 32.4 Å². The first kappa shape index (κ1) is 13.8. The molecule has 1 N–H and O–H groups in total. The Labute approximate surface area is 122 Å². The van der Waals surface area contributed by atoms with Crippen LogP contribution in [0.3, 0.4) is 0 Å². The molecule has 0 bridgehead atoms. The number of piperazine rings is 1. The fourth-order valence-electron chi connectivity index (χ4n) is 3.33. The van der Waals surface area contributed by atoms with Crippen LogP contribution in [0.1, 0.15) is 31.9 Å². The van der Waals surface area contributed by atoms with E-state index in [1.54, 1.807) is 0 Å². The van der Waals surface area contributed by atoms with E-state index in [9.17, 15) is 0 Å². The summed E-state index contributed by atoms with van der Waals surface area (Å²) in [7, 11) is 0. The Bertz CT molecular complexity index is 434. The minimum Gasteiger partial charge on any atom is -0.354 e. The number of nitrogens with one attached hydrogen (secondary N) is 1. The molecule has 20 heavy (non-hydrogen) atoms. The van der Waals surface area contributed by atoms with E-state index in [0.717, 1.165) is 43.7 Å². The fraction of sp³-hybridized carbons (Fsp3) is 0.688. The lowest BCUT2D eigenvalue weighted by Gasteiger charge is -2.38. The van der Waals surface area contributed by atoms with Crippen LogP contribution < -0.4 is 10.2 Å². The highest BCUT2D eigenvalue weighted by Crippen LogP contribution is 2.24. The Morgan fingerprint density at radius 1 is 1.30 bits per heavy atom. The van der Waals surface area contributed by atoms with Crippen molar-refractivity contribution in [1.29, 1.82) is 0 Å². The van der Waals surface area contributed by atoms with Crippen LogP contribution in [-0.2, 0) is 6.54 Å². The average molecular weight is 274 g/mol. The van der Waals surface area contributed by atoms with Crippen molar-refractivity contribution in [3.8, 4) is 0 Å². The van der Waals surface area contributed by atoms with Crippen molar-refractivity contribution >= 4 is 5.82 Å². The summed E-state index contributed by atoms with van der Waals surface area (Å²) >= 11 is 0. The molecule has 3 rings (SSSR count). The van der Waals surface area contributed by atoms with Crippen LogP contribution in [0.2, 0.25) is 0 Å². The van der Waals surface area contributed by atoms with Gasteiger partial charge in [0.1, 0.15) is 5.82 Å². The minimum absolute atomic E-state index is 0.757. The summed E-state index contributed by atoms with van der Waals surface area (Å²) in [6, 6.07) is 7.19. The zero-order valence-corrected chi connectivity index (χ0v) is 12.5. The van der Waals surface area contributed by atoms with Gasteiger partial charge in [0.05, 0.1) is 5.69 Å². The Morgan fingerprint density at radius 2 is 2.25 bits per heavy atom. The lowest BCUT2D eigenvalue weighted by Crippen LogP contribution is -2.50. The summed E-state index contributed by atoms with van der Waals surface area (Å²) in [6.07, 6.45) is 3.89. The molecule has 2 aliphatic heterocycles. The molecule has 0 radical (unpaired) electrons. The molecule has 1 unspecified atom stereocenters. The third-order valence-electron chi connectivity index (χ3n) is 4.44. The molecule has 0 saturated carbocycles. The molecule has 0 amide bonds. The number of anilines is 1. The molecule has 1 atom stereocenters. The van der Waals surface area contributed by atoms with Crippen LogP contribution in [0.15, 0.2) is 18.2 Å². The first-order chi connectivity index (χ1) is 9.86. The van der Waals surface area contributed by atoms with Gasteiger partial charge >= 0.3 is 0 Å². The van der Waals surface area contributed by atoms with Crippen molar-refractivity contribution in [1.82, 2.24) is 15.2 Å². The summed E-state index contributed by atoms with van der Waals surface area (Å²) in [5, 5.41) is 3.43. The molecule has 2 saturated heterocycles. The van der Waals surface area contributed by atoms with Crippen molar-refractivity contribution in [2.75, 3.05) is 37.6 Å². The molecular weight excluding hydrogens is 248 g/mol. The largest absolute Gasteiger partial charge is 0.354 e. The van der Waals surface area contributed by atoms with Gasteiger partial charge in [-0.15, -0.1) is 0 Å². The molecule has 0 aliphatic carbocycles. The summed E-state index contributed by atoms with van der Waals surface area (Å²) in [4.78, 5) is 9.94. The standard InChI is InChI=1S/C16H26N4/c1-2-8-17-12-14-5-3-7-16(18-14)20-11-10-19-9-4-6-15(19)13-20/h3,5,7,15,17H,2,4,6,8-13H2,1H3. The van der Waals surface area contributed by atoms with Gasteiger partial charge < -0.3 is 10.2 Å². The number of hydrogen-bond acceptors (Lipinski definition) is 4. The molecule has 2 aliphatic rings. The SMILES string of the molecule is CCCNCc1cccc(N2CCN3CCCC3C2)n1. The maximum Gasteiger partial charge on any atom is 0.128 e.